The van der Waals surface area contributed by atoms with Crippen LogP contribution in [0.3, 0.4) is 0 Å². The number of hydrogen-bond acceptors (Lipinski definition) is 5. The molecule has 0 radical (unpaired) electrons. The fourth-order valence-electron chi connectivity index (χ4n) is 3.92. The highest BCUT2D eigenvalue weighted by atomic mass is 19.3. The lowest BCUT2D eigenvalue weighted by Gasteiger charge is -2.22. The second kappa shape index (κ2) is 7.69. The molecule has 0 aromatic carbocycles. The Kier molecular flexibility index (Phi) is 5.11. The summed E-state index contributed by atoms with van der Waals surface area (Å²) in [6.07, 6.45) is 6.72. The van der Waals surface area contributed by atoms with E-state index in [0.717, 1.165) is 25.7 Å². The Balaban J connectivity index is 1.89. The summed E-state index contributed by atoms with van der Waals surface area (Å²) in [6.45, 7) is 1.67. The summed E-state index contributed by atoms with van der Waals surface area (Å²) in [5.74, 6) is 0.163. The van der Waals surface area contributed by atoms with Gasteiger partial charge in [0.25, 0.3) is 12.0 Å². The molecule has 4 rings (SSSR count). The third kappa shape index (κ3) is 3.50. The number of pyridine rings is 1. The average molecular weight is 385 g/mol. The van der Waals surface area contributed by atoms with E-state index in [9.17, 15) is 13.6 Å². The fourth-order valence-corrected chi connectivity index (χ4v) is 3.92. The third-order valence-corrected chi connectivity index (χ3v) is 5.31. The molecule has 8 heteroatoms. The van der Waals surface area contributed by atoms with Gasteiger partial charge >= 0.3 is 0 Å². The van der Waals surface area contributed by atoms with Crippen LogP contribution in [-0.4, -0.2) is 24.5 Å². The molecule has 0 spiro atoms. The summed E-state index contributed by atoms with van der Waals surface area (Å²) < 4.78 is 28.1. The zero-order chi connectivity index (χ0) is 19.7. The molecule has 6 nitrogen and oxygen atoms in total. The van der Waals surface area contributed by atoms with Crippen LogP contribution in [0.5, 0.6) is 0 Å². The van der Waals surface area contributed by atoms with Gasteiger partial charge in [-0.2, -0.15) is 0 Å². The van der Waals surface area contributed by atoms with Crippen molar-refractivity contribution >= 4 is 11.2 Å². The molecule has 3 heterocycles. The van der Waals surface area contributed by atoms with E-state index in [0.29, 0.717) is 22.4 Å². The van der Waals surface area contributed by atoms with Crippen LogP contribution >= 0.6 is 0 Å². The molecule has 3 aromatic rings. The Labute approximate surface area is 160 Å². The number of fused-ring (bicyclic) bond motifs is 1. The maximum Gasteiger partial charge on any atom is 0.282 e. The average Bonchev–Trinajstić information content (AvgIpc) is 2.71. The van der Waals surface area contributed by atoms with Crippen LogP contribution < -0.4 is 5.56 Å². The van der Waals surface area contributed by atoms with E-state index in [2.05, 4.69) is 19.9 Å². The van der Waals surface area contributed by atoms with Gasteiger partial charge in [0.2, 0.25) is 0 Å². The van der Waals surface area contributed by atoms with Crippen LogP contribution in [0.15, 0.2) is 29.5 Å². The monoisotopic (exact) mass is 385 g/mol. The van der Waals surface area contributed by atoms with Crippen LogP contribution in [0.4, 0.5) is 8.78 Å². The van der Waals surface area contributed by atoms with E-state index in [1.807, 2.05) is 6.07 Å². The second-order valence-electron chi connectivity index (χ2n) is 7.24. The molecular formula is C20H21F2N5O. The summed E-state index contributed by atoms with van der Waals surface area (Å²) in [5, 5.41) is 0. The minimum absolute atomic E-state index is 0.0741. The molecule has 3 aromatic heterocycles. The molecule has 0 N–H and O–H groups in total. The summed E-state index contributed by atoms with van der Waals surface area (Å²) in [7, 11) is 0. The van der Waals surface area contributed by atoms with Crippen molar-refractivity contribution in [1.29, 1.82) is 0 Å². The van der Waals surface area contributed by atoms with Crippen LogP contribution in [0, 0.1) is 6.92 Å². The van der Waals surface area contributed by atoms with Gasteiger partial charge in [0.15, 0.2) is 5.65 Å². The largest absolute Gasteiger partial charge is 0.285 e. The van der Waals surface area contributed by atoms with Crippen molar-refractivity contribution in [3.63, 3.8) is 0 Å². The van der Waals surface area contributed by atoms with Crippen LogP contribution in [-0.2, 0) is 6.54 Å². The van der Waals surface area contributed by atoms with Gasteiger partial charge in [-0.05, 0) is 31.7 Å². The Morgan fingerprint density at radius 1 is 1.14 bits per heavy atom. The molecule has 0 unspecified atom stereocenters. The van der Waals surface area contributed by atoms with Crippen molar-refractivity contribution in [3.8, 4) is 0 Å². The molecule has 0 bridgehead atoms. The fraction of sp³-hybridized carbons (Fsp3) is 0.450. The van der Waals surface area contributed by atoms with Gasteiger partial charge in [0, 0.05) is 24.2 Å². The number of rotatable bonds is 4. The van der Waals surface area contributed by atoms with E-state index in [1.54, 1.807) is 13.1 Å². The Hall–Kier alpha value is -2.77. The van der Waals surface area contributed by atoms with Crippen molar-refractivity contribution in [2.24, 2.45) is 0 Å². The zero-order valence-electron chi connectivity index (χ0n) is 15.6. The standard InChI is InChI=1S/C20H21F2N5O/c1-12-10-25-15-9-14(13-5-3-2-4-6-13)20(28)27(19(15)26-12)11-16-17(18(21)22)24-8-7-23-16/h7-10,13,18H,2-6,11H2,1H3. The van der Waals surface area contributed by atoms with Crippen molar-refractivity contribution < 1.29 is 8.78 Å². The Morgan fingerprint density at radius 3 is 2.64 bits per heavy atom. The summed E-state index contributed by atoms with van der Waals surface area (Å²) in [4.78, 5) is 30.0. The van der Waals surface area contributed by atoms with Crippen molar-refractivity contribution in [2.45, 2.75) is 57.9 Å². The molecule has 1 fully saturated rings. The summed E-state index contributed by atoms with van der Waals surface area (Å²) in [6, 6.07) is 1.82. The highest BCUT2D eigenvalue weighted by molar-refractivity contribution is 5.71. The van der Waals surface area contributed by atoms with Crippen molar-refractivity contribution in [2.75, 3.05) is 0 Å². The number of hydrogen-bond donors (Lipinski definition) is 0. The smallest absolute Gasteiger partial charge is 0.282 e. The predicted molar refractivity (Wildman–Crippen MR) is 100 cm³/mol. The van der Waals surface area contributed by atoms with E-state index in [4.69, 9.17) is 0 Å². The maximum atomic E-state index is 13.4. The molecule has 0 saturated heterocycles. The van der Waals surface area contributed by atoms with Crippen LogP contribution in [0.25, 0.3) is 11.2 Å². The molecule has 146 valence electrons. The number of halogens is 2. The van der Waals surface area contributed by atoms with E-state index in [-0.39, 0.29) is 23.7 Å². The molecule has 28 heavy (non-hydrogen) atoms. The predicted octanol–water partition coefficient (Wildman–Crippen LogP) is 3.92. The normalized spacial score (nSPS) is 15.4. The van der Waals surface area contributed by atoms with Gasteiger partial charge in [-0.3, -0.25) is 24.3 Å². The first kappa shape index (κ1) is 18.6. The van der Waals surface area contributed by atoms with Gasteiger partial charge in [0.05, 0.1) is 17.9 Å². The summed E-state index contributed by atoms with van der Waals surface area (Å²) >= 11 is 0. The molecular weight excluding hydrogens is 364 g/mol. The first-order valence-corrected chi connectivity index (χ1v) is 9.49. The Morgan fingerprint density at radius 2 is 1.89 bits per heavy atom. The van der Waals surface area contributed by atoms with E-state index in [1.165, 1.54) is 23.4 Å². The van der Waals surface area contributed by atoms with Crippen molar-refractivity contribution in [3.05, 3.63) is 57.7 Å². The molecule has 1 aliphatic rings. The van der Waals surface area contributed by atoms with Gasteiger partial charge in [-0.15, -0.1) is 0 Å². The van der Waals surface area contributed by atoms with Gasteiger partial charge < -0.3 is 0 Å². The minimum atomic E-state index is -2.76. The van der Waals surface area contributed by atoms with E-state index >= 15 is 0 Å². The quantitative estimate of drug-likeness (QED) is 0.680. The Bertz CT molecular complexity index is 1060. The maximum absolute atomic E-state index is 13.4. The highest BCUT2D eigenvalue weighted by Crippen LogP contribution is 2.32. The number of aromatic nitrogens is 5. The van der Waals surface area contributed by atoms with Gasteiger partial charge in [0.1, 0.15) is 11.2 Å². The first-order chi connectivity index (χ1) is 13.5. The summed E-state index contributed by atoms with van der Waals surface area (Å²) in [5.41, 5.74) is 1.78. The van der Waals surface area contributed by atoms with Crippen molar-refractivity contribution in [1.82, 2.24) is 24.5 Å². The lowest BCUT2D eigenvalue weighted by atomic mass is 9.84. The second-order valence-corrected chi connectivity index (χ2v) is 7.24. The molecule has 0 amide bonds. The molecule has 0 atom stereocenters. The zero-order valence-corrected chi connectivity index (χ0v) is 15.6. The lowest BCUT2D eigenvalue weighted by molar-refractivity contribution is 0.144. The SMILES string of the molecule is Cc1cnc2cc(C3CCCCC3)c(=O)n(Cc3nccnc3C(F)F)c2n1. The first-order valence-electron chi connectivity index (χ1n) is 9.49. The van der Waals surface area contributed by atoms with Crippen LogP contribution in [0.1, 0.15) is 67.1 Å². The topological polar surface area (TPSA) is 73.6 Å². The third-order valence-electron chi connectivity index (χ3n) is 5.31. The number of nitrogens with zero attached hydrogens (tertiary/aromatic N) is 5. The molecule has 0 aliphatic heterocycles. The number of aryl methyl sites for hydroxylation is 1. The lowest BCUT2D eigenvalue weighted by Crippen LogP contribution is -2.28. The van der Waals surface area contributed by atoms with Gasteiger partial charge in [-0.1, -0.05) is 19.3 Å². The number of alkyl halides is 2. The minimum Gasteiger partial charge on any atom is -0.285 e. The molecule has 1 saturated carbocycles. The van der Waals surface area contributed by atoms with E-state index < -0.39 is 12.1 Å². The molecule has 1 aliphatic carbocycles. The highest BCUT2D eigenvalue weighted by Gasteiger charge is 2.23. The van der Waals surface area contributed by atoms with Crippen LogP contribution in [0.2, 0.25) is 0 Å². The van der Waals surface area contributed by atoms with Gasteiger partial charge in [-0.25, -0.2) is 13.8 Å².